The molecule has 0 atom stereocenters. The molecule has 12 heteroatoms. The number of nitrogens with zero attached hydrogens (tertiary/aromatic N) is 1. The quantitative estimate of drug-likeness (QED) is 0.476. The van der Waals surface area contributed by atoms with E-state index in [9.17, 15) is 31.7 Å². The van der Waals surface area contributed by atoms with Crippen LogP contribution in [0.2, 0.25) is 0 Å². The lowest BCUT2D eigenvalue weighted by molar-refractivity contribution is -0.386. The summed E-state index contributed by atoms with van der Waals surface area (Å²) in [6.07, 6.45) is -5.21. The predicted molar refractivity (Wildman–Crippen MR) is 59.4 cm³/mol. The molecule has 0 aliphatic rings. The molecule has 0 heterocycles. The number of hydrogen-bond donors (Lipinski definition) is 0. The molecule has 112 valence electrons. The molecule has 0 radical (unpaired) electrons. The number of nitro groups is 1. The Kier molecular flexibility index (Phi) is 4.34. The highest BCUT2D eigenvalue weighted by Crippen LogP contribution is 2.40. The van der Waals surface area contributed by atoms with E-state index in [1.807, 2.05) is 0 Å². The number of halogens is 4. The van der Waals surface area contributed by atoms with Gasteiger partial charge in [-0.25, -0.2) is 8.42 Å². The van der Waals surface area contributed by atoms with Crippen molar-refractivity contribution in [1.29, 1.82) is 0 Å². The van der Waals surface area contributed by atoms with Crippen LogP contribution in [0.3, 0.4) is 0 Å². The lowest BCUT2D eigenvalue weighted by Gasteiger charge is -2.13. The number of ether oxygens (including phenoxy) is 2. The van der Waals surface area contributed by atoms with Gasteiger partial charge in [-0.05, 0) is 0 Å². The molecule has 1 aromatic rings. The predicted octanol–water partition coefficient (Wildman–Crippen LogP) is 2.43. The van der Waals surface area contributed by atoms with Gasteiger partial charge in [0, 0.05) is 22.8 Å². The maximum Gasteiger partial charge on any atom is 0.573 e. The minimum Gasteiger partial charge on any atom is -0.490 e. The molecule has 0 amide bonds. The van der Waals surface area contributed by atoms with Crippen LogP contribution in [0.15, 0.2) is 17.0 Å². The maximum atomic E-state index is 12.2. The SMILES string of the molecule is COc1cc(OC(F)(F)F)c(S(=O)(=O)Cl)cc1[N+](=O)[O-]. The van der Waals surface area contributed by atoms with Crippen LogP contribution in [0.1, 0.15) is 0 Å². The maximum absolute atomic E-state index is 12.2. The van der Waals surface area contributed by atoms with Crippen molar-refractivity contribution in [3.8, 4) is 11.5 Å². The van der Waals surface area contributed by atoms with E-state index in [1.54, 1.807) is 0 Å². The molecule has 0 fully saturated rings. The molecule has 1 aromatic carbocycles. The fraction of sp³-hybridized carbons (Fsp3) is 0.250. The molecule has 7 nitrogen and oxygen atoms in total. The third kappa shape index (κ3) is 3.87. The van der Waals surface area contributed by atoms with Gasteiger partial charge < -0.3 is 9.47 Å². The van der Waals surface area contributed by atoms with Gasteiger partial charge in [-0.15, -0.1) is 13.2 Å². The Morgan fingerprint density at radius 2 is 1.85 bits per heavy atom. The Balaban J connectivity index is 3.61. The summed E-state index contributed by atoms with van der Waals surface area (Å²) < 4.78 is 66.8. The average Bonchev–Trinajstić information content (AvgIpc) is 2.24. The van der Waals surface area contributed by atoms with E-state index in [2.05, 4.69) is 9.47 Å². The Hall–Kier alpha value is -1.75. The summed E-state index contributed by atoms with van der Waals surface area (Å²) in [5.74, 6) is -1.84. The van der Waals surface area contributed by atoms with Crippen LogP contribution in [0.25, 0.3) is 0 Å². The zero-order chi connectivity index (χ0) is 15.7. The van der Waals surface area contributed by atoms with E-state index in [4.69, 9.17) is 10.7 Å². The molecule has 0 saturated heterocycles. The van der Waals surface area contributed by atoms with Gasteiger partial charge in [0.05, 0.1) is 12.0 Å². The first-order chi connectivity index (χ1) is 8.95. The van der Waals surface area contributed by atoms with Gasteiger partial charge in [-0.3, -0.25) is 10.1 Å². The molecular formula is C8H5ClF3NO6S. The van der Waals surface area contributed by atoms with Crippen molar-refractivity contribution in [2.75, 3.05) is 7.11 Å². The number of alkyl halides is 3. The Morgan fingerprint density at radius 1 is 1.30 bits per heavy atom. The Labute approximate surface area is 114 Å². The third-order valence-electron chi connectivity index (χ3n) is 1.93. The summed E-state index contributed by atoms with van der Waals surface area (Å²) in [5, 5.41) is 10.7. The van der Waals surface area contributed by atoms with Crippen LogP contribution in [-0.4, -0.2) is 26.8 Å². The van der Waals surface area contributed by atoms with Crippen molar-refractivity contribution >= 4 is 25.4 Å². The molecule has 20 heavy (non-hydrogen) atoms. The van der Waals surface area contributed by atoms with Crippen LogP contribution >= 0.6 is 10.7 Å². The summed E-state index contributed by atoms with van der Waals surface area (Å²) in [4.78, 5) is 8.45. The lowest BCUT2D eigenvalue weighted by atomic mass is 10.3. The first-order valence-corrected chi connectivity index (χ1v) is 6.83. The molecule has 0 aromatic heterocycles. The molecule has 0 bridgehead atoms. The van der Waals surface area contributed by atoms with E-state index in [0.29, 0.717) is 12.1 Å². The number of benzene rings is 1. The lowest BCUT2D eigenvalue weighted by Crippen LogP contribution is -2.18. The first-order valence-electron chi connectivity index (χ1n) is 4.52. The minimum atomic E-state index is -5.21. The normalized spacial score (nSPS) is 12.1. The third-order valence-corrected chi connectivity index (χ3v) is 3.27. The van der Waals surface area contributed by atoms with Gasteiger partial charge in [0.25, 0.3) is 9.05 Å². The monoisotopic (exact) mass is 335 g/mol. The van der Waals surface area contributed by atoms with Gasteiger partial charge in [-0.2, -0.15) is 0 Å². The van der Waals surface area contributed by atoms with E-state index in [-0.39, 0.29) is 0 Å². The highest BCUT2D eigenvalue weighted by atomic mass is 35.7. The summed E-state index contributed by atoms with van der Waals surface area (Å²) in [6.45, 7) is 0. The second kappa shape index (κ2) is 5.32. The summed E-state index contributed by atoms with van der Waals surface area (Å²) in [7, 11) is 1.18. The van der Waals surface area contributed by atoms with Crippen LogP contribution < -0.4 is 9.47 Å². The topological polar surface area (TPSA) is 95.7 Å². The molecule has 1 rings (SSSR count). The van der Waals surface area contributed by atoms with E-state index in [0.717, 1.165) is 7.11 Å². The van der Waals surface area contributed by atoms with Crippen molar-refractivity contribution in [3.05, 3.63) is 22.2 Å². The highest BCUT2D eigenvalue weighted by molar-refractivity contribution is 8.13. The van der Waals surface area contributed by atoms with Gasteiger partial charge in [0.15, 0.2) is 5.75 Å². The van der Waals surface area contributed by atoms with Crippen LogP contribution in [-0.2, 0) is 9.05 Å². The summed E-state index contributed by atoms with van der Waals surface area (Å²) >= 11 is 0. The zero-order valence-corrected chi connectivity index (χ0v) is 11.0. The van der Waals surface area contributed by atoms with Crippen LogP contribution in [0.4, 0.5) is 18.9 Å². The second-order valence-electron chi connectivity index (χ2n) is 3.21. The van der Waals surface area contributed by atoms with Gasteiger partial charge >= 0.3 is 12.0 Å². The van der Waals surface area contributed by atoms with E-state index in [1.165, 1.54) is 0 Å². The number of methoxy groups -OCH3 is 1. The Morgan fingerprint density at radius 3 is 2.20 bits per heavy atom. The van der Waals surface area contributed by atoms with Crippen LogP contribution in [0.5, 0.6) is 11.5 Å². The zero-order valence-electron chi connectivity index (χ0n) is 9.47. The van der Waals surface area contributed by atoms with Crippen LogP contribution in [0, 0.1) is 10.1 Å². The molecular weight excluding hydrogens is 331 g/mol. The van der Waals surface area contributed by atoms with Crippen molar-refractivity contribution < 1.29 is 36.0 Å². The van der Waals surface area contributed by atoms with E-state index >= 15 is 0 Å². The largest absolute Gasteiger partial charge is 0.573 e. The van der Waals surface area contributed by atoms with Crippen molar-refractivity contribution in [2.45, 2.75) is 11.3 Å². The molecule has 0 aliphatic heterocycles. The smallest absolute Gasteiger partial charge is 0.490 e. The summed E-state index contributed by atoms with van der Waals surface area (Å²) in [6, 6.07) is 0.739. The number of rotatable bonds is 4. The molecule has 0 spiro atoms. The van der Waals surface area contributed by atoms with Gasteiger partial charge in [0.1, 0.15) is 4.90 Å². The van der Waals surface area contributed by atoms with Crippen molar-refractivity contribution in [2.24, 2.45) is 0 Å². The van der Waals surface area contributed by atoms with Crippen molar-refractivity contribution in [3.63, 3.8) is 0 Å². The van der Waals surface area contributed by atoms with Gasteiger partial charge in [0.2, 0.25) is 5.75 Å². The molecule has 0 unspecified atom stereocenters. The Bertz CT molecular complexity index is 644. The molecule has 0 saturated carbocycles. The fourth-order valence-corrected chi connectivity index (χ4v) is 2.19. The number of hydrogen-bond acceptors (Lipinski definition) is 6. The van der Waals surface area contributed by atoms with Crippen molar-refractivity contribution in [1.82, 2.24) is 0 Å². The summed E-state index contributed by atoms with van der Waals surface area (Å²) in [5.41, 5.74) is -0.874. The first kappa shape index (κ1) is 16.3. The molecule has 0 aliphatic carbocycles. The van der Waals surface area contributed by atoms with Gasteiger partial charge in [-0.1, -0.05) is 0 Å². The van der Waals surface area contributed by atoms with E-state index < -0.39 is 42.4 Å². The number of nitro benzene ring substituents is 1. The molecule has 0 N–H and O–H groups in total. The average molecular weight is 336 g/mol. The second-order valence-corrected chi connectivity index (χ2v) is 5.75. The fourth-order valence-electron chi connectivity index (χ4n) is 1.23. The highest BCUT2D eigenvalue weighted by Gasteiger charge is 2.36. The minimum absolute atomic E-state index is 0.322. The standard InChI is InChI=1S/C8H5ClF3NO6S/c1-18-5-3-6(19-8(10,11)12)7(20(9,16)17)2-4(5)13(14)15/h2-3H,1H3.